The number of carbonyl (C=O) groups excluding carboxylic acids is 3. The summed E-state index contributed by atoms with van der Waals surface area (Å²) in [5.74, 6) is -1.02. The molecule has 0 fully saturated rings. The molecular weight excluding hydrogens is 382 g/mol. The third kappa shape index (κ3) is 5.23. The van der Waals surface area contributed by atoms with Gasteiger partial charge in [-0.2, -0.15) is 0 Å². The Bertz CT molecular complexity index is 1060. The van der Waals surface area contributed by atoms with E-state index in [1.807, 2.05) is 54.6 Å². The summed E-state index contributed by atoms with van der Waals surface area (Å²) >= 11 is 0. The predicted octanol–water partition coefficient (Wildman–Crippen LogP) is 3.32. The summed E-state index contributed by atoms with van der Waals surface area (Å²) in [4.78, 5) is 36.7. The Morgan fingerprint density at radius 2 is 1.57 bits per heavy atom. The third-order valence-electron chi connectivity index (χ3n) is 4.73. The molecule has 0 aliphatic rings. The molecule has 3 rings (SSSR count). The van der Waals surface area contributed by atoms with Gasteiger partial charge in [0.25, 0.3) is 5.91 Å². The number of hydrogen-bond acceptors (Lipinski definition) is 5. The number of esters is 1. The van der Waals surface area contributed by atoms with Gasteiger partial charge in [0.1, 0.15) is 11.3 Å². The fraction of sp³-hybridized carbons (Fsp3) is 0.208. The summed E-state index contributed by atoms with van der Waals surface area (Å²) in [6.07, 6.45) is 0.369. The maximum Gasteiger partial charge on any atom is 0.342 e. The lowest BCUT2D eigenvalue weighted by molar-refractivity contribution is -0.128. The van der Waals surface area contributed by atoms with Crippen LogP contribution in [0.15, 0.2) is 66.7 Å². The Morgan fingerprint density at radius 1 is 0.933 bits per heavy atom. The Morgan fingerprint density at radius 3 is 2.20 bits per heavy atom. The summed E-state index contributed by atoms with van der Waals surface area (Å²) in [5.41, 5.74) is 1.16. The molecule has 0 saturated carbocycles. The number of ether oxygens (including phenoxy) is 2. The van der Waals surface area contributed by atoms with Gasteiger partial charge in [-0.15, -0.1) is 0 Å². The maximum absolute atomic E-state index is 12.5. The highest BCUT2D eigenvalue weighted by atomic mass is 16.5. The second-order valence-electron chi connectivity index (χ2n) is 6.90. The van der Waals surface area contributed by atoms with Crippen LogP contribution in [0.1, 0.15) is 22.8 Å². The van der Waals surface area contributed by atoms with Crippen molar-refractivity contribution in [3.63, 3.8) is 0 Å². The summed E-state index contributed by atoms with van der Waals surface area (Å²) in [6.45, 7) is 0.924. The fourth-order valence-electron chi connectivity index (χ4n) is 3.14. The summed E-state index contributed by atoms with van der Waals surface area (Å²) in [5, 5.41) is 4.41. The van der Waals surface area contributed by atoms with Crippen LogP contribution in [0, 0.1) is 0 Å². The van der Waals surface area contributed by atoms with Crippen LogP contribution in [-0.4, -0.2) is 37.4 Å². The van der Waals surface area contributed by atoms with Gasteiger partial charge in [0.15, 0.2) is 12.4 Å². The SMILES string of the molecule is COc1cc2ccccc2cc1C(=O)OCC(=O)N[C@H](Cc1ccccc1)C(C)=O. The standard InChI is InChI=1S/C24H23NO5/c1-16(26)21(12-17-8-4-3-5-9-17)25-23(27)15-30-24(28)20-13-18-10-6-7-11-19(18)14-22(20)29-2/h3-11,13-14,21H,12,15H2,1-2H3,(H,25,27)/t21-/m1/s1. The number of rotatable bonds is 8. The molecule has 6 nitrogen and oxygen atoms in total. The van der Waals surface area contributed by atoms with Crippen LogP contribution in [0.25, 0.3) is 10.8 Å². The van der Waals surface area contributed by atoms with Gasteiger partial charge in [0, 0.05) is 0 Å². The van der Waals surface area contributed by atoms with Crippen molar-refractivity contribution in [2.45, 2.75) is 19.4 Å². The van der Waals surface area contributed by atoms with Crippen molar-refractivity contribution in [2.24, 2.45) is 0 Å². The van der Waals surface area contributed by atoms with Crippen molar-refractivity contribution < 1.29 is 23.9 Å². The fourth-order valence-corrected chi connectivity index (χ4v) is 3.14. The van der Waals surface area contributed by atoms with Gasteiger partial charge >= 0.3 is 5.97 Å². The molecule has 30 heavy (non-hydrogen) atoms. The van der Waals surface area contributed by atoms with E-state index in [1.54, 1.807) is 12.1 Å². The summed E-state index contributed by atoms with van der Waals surface area (Å²) in [7, 11) is 1.47. The lowest BCUT2D eigenvalue weighted by atomic mass is 10.0. The number of hydrogen-bond donors (Lipinski definition) is 1. The number of fused-ring (bicyclic) bond motifs is 1. The third-order valence-corrected chi connectivity index (χ3v) is 4.73. The molecule has 0 bridgehead atoms. The predicted molar refractivity (Wildman–Crippen MR) is 114 cm³/mol. The summed E-state index contributed by atoms with van der Waals surface area (Å²) < 4.78 is 10.5. The first-order chi connectivity index (χ1) is 14.5. The quantitative estimate of drug-likeness (QED) is 0.582. The van der Waals surface area contributed by atoms with E-state index in [2.05, 4.69) is 5.32 Å². The minimum atomic E-state index is -0.686. The van der Waals surface area contributed by atoms with Crippen LogP contribution in [-0.2, 0) is 20.7 Å². The lowest BCUT2D eigenvalue weighted by Gasteiger charge is -2.16. The smallest absolute Gasteiger partial charge is 0.342 e. The van der Waals surface area contributed by atoms with E-state index in [-0.39, 0.29) is 11.3 Å². The molecule has 6 heteroatoms. The number of benzene rings is 3. The normalized spacial score (nSPS) is 11.5. The van der Waals surface area contributed by atoms with E-state index in [1.165, 1.54) is 14.0 Å². The molecule has 0 saturated heterocycles. The van der Waals surface area contributed by atoms with Crippen molar-refractivity contribution in [3.05, 3.63) is 77.9 Å². The zero-order valence-corrected chi connectivity index (χ0v) is 16.9. The molecule has 0 aliphatic heterocycles. The van der Waals surface area contributed by atoms with Gasteiger partial charge in [-0.05, 0) is 41.8 Å². The first-order valence-electron chi connectivity index (χ1n) is 9.55. The zero-order chi connectivity index (χ0) is 21.5. The molecule has 0 aromatic heterocycles. The average Bonchev–Trinajstić information content (AvgIpc) is 2.76. The van der Waals surface area contributed by atoms with Gasteiger partial charge in [-0.25, -0.2) is 4.79 Å². The molecule has 1 amide bonds. The number of nitrogens with one attached hydrogen (secondary N) is 1. The van der Waals surface area contributed by atoms with Crippen LogP contribution in [0.4, 0.5) is 0 Å². The molecule has 0 heterocycles. The Hall–Kier alpha value is -3.67. The van der Waals surface area contributed by atoms with Crippen molar-refractivity contribution in [2.75, 3.05) is 13.7 Å². The van der Waals surface area contributed by atoms with Crippen LogP contribution in [0.3, 0.4) is 0 Å². The molecule has 1 N–H and O–H groups in total. The molecule has 3 aromatic rings. The molecule has 0 unspecified atom stereocenters. The number of amides is 1. The van der Waals surface area contributed by atoms with E-state index in [9.17, 15) is 14.4 Å². The lowest BCUT2D eigenvalue weighted by Crippen LogP contribution is -2.43. The second-order valence-corrected chi connectivity index (χ2v) is 6.90. The van der Waals surface area contributed by atoms with E-state index >= 15 is 0 Å². The van der Waals surface area contributed by atoms with Gasteiger partial charge in [-0.3, -0.25) is 9.59 Å². The van der Waals surface area contributed by atoms with E-state index < -0.39 is 24.5 Å². The molecule has 1 atom stereocenters. The minimum Gasteiger partial charge on any atom is -0.496 e. The molecular formula is C24H23NO5. The van der Waals surface area contributed by atoms with Gasteiger partial charge in [0.2, 0.25) is 0 Å². The molecule has 0 aliphatic carbocycles. The highest BCUT2D eigenvalue weighted by Crippen LogP contribution is 2.26. The highest BCUT2D eigenvalue weighted by molar-refractivity contribution is 5.99. The second kappa shape index (κ2) is 9.69. The number of Topliss-reactive ketones (excluding diaryl/α,β-unsaturated/α-hetero) is 1. The van der Waals surface area contributed by atoms with Crippen molar-refractivity contribution in [1.29, 1.82) is 0 Å². The topological polar surface area (TPSA) is 81.7 Å². The summed E-state index contributed by atoms with van der Waals surface area (Å²) in [6, 6.07) is 19.7. The van der Waals surface area contributed by atoms with Gasteiger partial charge in [0.05, 0.1) is 13.2 Å². The molecule has 154 valence electrons. The van der Waals surface area contributed by atoms with Crippen LogP contribution in [0.2, 0.25) is 0 Å². The van der Waals surface area contributed by atoms with Crippen LogP contribution >= 0.6 is 0 Å². The first kappa shape index (κ1) is 21.0. The Labute approximate surface area is 174 Å². The largest absolute Gasteiger partial charge is 0.496 e. The monoisotopic (exact) mass is 405 g/mol. The molecule has 3 aromatic carbocycles. The van der Waals surface area contributed by atoms with Crippen molar-refractivity contribution in [1.82, 2.24) is 5.32 Å². The van der Waals surface area contributed by atoms with Gasteiger partial charge in [-0.1, -0.05) is 54.6 Å². The average molecular weight is 405 g/mol. The number of ketones is 1. The van der Waals surface area contributed by atoms with E-state index in [0.29, 0.717) is 12.2 Å². The first-order valence-corrected chi connectivity index (χ1v) is 9.55. The van der Waals surface area contributed by atoms with Crippen LogP contribution in [0.5, 0.6) is 5.75 Å². The maximum atomic E-state index is 12.5. The Balaban J connectivity index is 1.64. The van der Waals surface area contributed by atoms with Crippen molar-refractivity contribution in [3.8, 4) is 5.75 Å². The van der Waals surface area contributed by atoms with E-state index in [4.69, 9.17) is 9.47 Å². The van der Waals surface area contributed by atoms with Crippen LogP contribution < -0.4 is 10.1 Å². The zero-order valence-electron chi connectivity index (χ0n) is 16.9. The van der Waals surface area contributed by atoms with E-state index in [0.717, 1.165) is 16.3 Å². The number of carbonyl (C=O) groups is 3. The molecule has 0 spiro atoms. The molecule has 0 radical (unpaired) electrons. The Kier molecular flexibility index (Phi) is 6.80. The van der Waals surface area contributed by atoms with Crippen molar-refractivity contribution >= 4 is 28.4 Å². The minimum absolute atomic E-state index is 0.172. The van der Waals surface area contributed by atoms with Gasteiger partial charge < -0.3 is 14.8 Å². The number of methoxy groups -OCH3 is 1. The highest BCUT2D eigenvalue weighted by Gasteiger charge is 2.20.